The van der Waals surface area contributed by atoms with Gasteiger partial charge in [-0.3, -0.25) is 4.79 Å². The largest absolute Gasteiger partial charge is 0.510 e. The SMILES string of the molecule is COc1ccccc1NC(=O)C(N=Nc1ccc(CN)cc1)=C(C)O. The molecule has 0 heterocycles. The Hall–Kier alpha value is -3.19. The molecule has 7 heteroatoms. The highest BCUT2D eigenvalue weighted by Gasteiger charge is 2.15. The number of nitrogens with zero attached hydrogens (tertiary/aromatic N) is 2. The monoisotopic (exact) mass is 340 g/mol. The van der Waals surface area contributed by atoms with Crippen molar-refractivity contribution in [1.82, 2.24) is 0 Å². The van der Waals surface area contributed by atoms with E-state index in [1.165, 1.54) is 14.0 Å². The zero-order valence-corrected chi connectivity index (χ0v) is 14.1. The number of aliphatic hydroxyl groups excluding tert-OH is 1. The highest BCUT2D eigenvalue weighted by atomic mass is 16.5. The zero-order valence-electron chi connectivity index (χ0n) is 14.1. The van der Waals surface area contributed by atoms with Gasteiger partial charge in [0.05, 0.1) is 18.5 Å². The van der Waals surface area contributed by atoms with E-state index < -0.39 is 5.91 Å². The molecule has 7 nitrogen and oxygen atoms in total. The first-order valence-electron chi connectivity index (χ1n) is 7.60. The molecule has 2 rings (SSSR count). The van der Waals surface area contributed by atoms with Crippen LogP contribution < -0.4 is 15.8 Å². The molecule has 0 bridgehead atoms. The standard InChI is InChI=1S/C18H20N4O3/c1-12(23)17(22-21-14-9-7-13(11-19)8-10-14)18(24)20-15-5-3-4-6-16(15)25-2/h3-10,23H,11,19H2,1-2H3,(H,20,24). The van der Waals surface area contributed by atoms with Gasteiger partial charge in [0.2, 0.25) is 0 Å². The molecule has 2 aromatic carbocycles. The number of para-hydroxylation sites is 2. The molecule has 0 fully saturated rings. The molecular weight excluding hydrogens is 320 g/mol. The van der Waals surface area contributed by atoms with Gasteiger partial charge in [0.25, 0.3) is 5.91 Å². The Labute approximate surface area is 145 Å². The third-order valence-electron chi connectivity index (χ3n) is 3.35. The van der Waals surface area contributed by atoms with Crippen LogP contribution in [-0.4, -0.2) is 18.1 Å². The summed E-state index contributed by atoms with van der Waals surface area (Å²) >= 11 is 0. The molecule has 0 aliphatic carbocycles. The summed E-state index contributed by atoms with van der Waals surface area (Å²) in [5.41, 5.74) is 7.33. The van der Waals surface area contributed by atoms with Crippen LogP contribution in [-0.2, 0) is 11.3 Å². The maximum absolute atomic E-state index is 12.4. The Morgan fingerprint density at radius 1 is 1.20 bits per heavy atom. The first-order valence-corrected chi connectivity index (χ1v) is 7.60. The van der Waals surface area contributed by atoms with Crippen molar-refractivity contribution in [3.05, 3.63) is 65.6 Å². The molecule has 0 radical (unpaired) electrons. The van der Waals surface area contributed by atoms with Crippen LogP contribution in [0.15, 0.2) is 70.2 Å². The van der Waals surface area contributed by atoms with Crippen molar-refractivity contribution in [3.63, 3.8) is 0 Å². The van der Waals surface area contributed by atoms with Crippen molar-refractivity contribution < 1.29 is 14.6 Å². The average molecular weight is 340 g/mol. The fourth-order valence-corrected chi connectivity index (χ4v) is 2.02. The molecule has 130 valence electrons. The first kappa shape index (κ1) is 18.2. The van der Waals surface area contributed by atoms with Crippen molar-refractivity contribution in [2.24, 2.45) is 16.0 Å². The first-order chi connectivity index (χ1) is 12.0. The molecular formula is C18H20N4O3. The summed E-state index contributed by atoms with van der Waals surface area (Å²) in [5.74, 6) is -0.332. The summed E-state index contributed by atoms with van der Waals surface area (Å²) in [6, 6.07) is 14.0. The number of hydrogen-bond acceptors (Lipinski definition) is 6. The number of hydrogen-bond donors (Lipinski definition) is 3. The second-order valence-electron chi connectivity index (χ2n) is 5.16. The van der Waals surface area contributed by atoms with Gasteiger partial charge in [-0.25, -0.2) is 0 Å². The minimum Gasteiger partial charge on any atom is -0.510 e. The number of rotatable bonds is 6. The highest BCUT2D eigenvalue weighted by Crippen LogP contribution is 2.24. The van der Waals surface area contributed by atoms with Gasteiger partial charge in [0, 0.05) is 6.54 Å². The van der Waals surface area contributed by atoms with Gasteiger partial charge in [0.1, 0.15) is 11.5 Å². The van der Waals surface area contributed by atoms with Crippen molar-refractivity contribution in [2.75, 3.05) is 12.4 Å². The number of amides is 1. The van der Waals surface area contributed by atoms with Gasteiger partial charge in [-0.05, 0) is 36.8 Å². The van der Waals surface area contributed by atoms with E-state index in [2.05, 4.69) is 15.5 Å². The Morgan fingerprint density at radius 3 is 2.48 bits per heavy atom. The zero-order chi connectivity index (χ0) is 18.2. The molecule has 0 aliphatic heterocycles. The number of ether oxygens (including phenoxy) is 1. The second kappa shape index (κ2) is 8.60. The second-order valence-corrected chi connectivity index (χ2v) is 5.16. The van der Waals surface area contributed by atoms with Gasteiger partial charge in [-0.2, -0.15) is 5.11 Å². The Morgan fingerprint density at radius 2 is 1.88 bits per heavy atom. The predicted octanol–water partition coefficient (Wildman–Crippen LogP) is 3.67. The molecule has 4 N–H and O–H groups in total. The van der Waals surface area contributed by atoms with Gasteiger partial charge in [-0.1, -0.05) is 24.3 Å². The number of carbonyl (C=O) groups excluding carboxylic acids is 1. The number of methoxy groups -OCH3 is 1. The van der Waals surface area contributed by atoms with Crippen LogP contribution in [0.2, 0.25) is 0 Å². The molecule has 0 aliphatic rings. The van der Waals surface area contributed by atoms with E-state index in [0.29, 0.717) is 23.7 Å². The molecule has 1 amide bonds. The summed E-state index contributed by atoms with van der Waals surface area (Å²) < 4.78 is 5.18. The van der Waals surface area contributed by atoms with Crippen LogP contribution in [0.5, 0.6) is 5.75 Å². The van der Waals surface area contributed by atoms with E-state index in [9.17, 15) is 9.90 Å². The summed E-state index contributed by atoms with van der Waals surface area (Å²) in [6.07, 6.45) is 0. The number of allylic oxidation sites excluding steroid dienone is 1. The molecule has 25 heavy (non-hydrogen) atoms. The Balaban J connectivity index is 2.18. The molecule has 0 aromatic heterocycles. The lowest BCUT2D eigenvalue weighted by atomic mass is 10.2. The van der Waals surface area contributed by atoms with E-state index >= 15 is 0 Å². The minimum atomic E-state index is -0.591. The molecule has 0 spiro atoms. The molecule has 2 aromatic rings. The van der Waals surface area contributed by atoms with Crippen LogP contribution >= 0.6 is 0 Å². The van der Waals surface area contributed by atoms with Gasteiger partial charge < -0.3 is 20.9 Å². The van der Waals surface area contributed by atoms with Crippen LogP contribution in [0.3, 0.4) is 0 Å². The summed E-state index contributed by atoms with van der Waals surface area (Å²) in [4.78, 5) is 12.4. The van der Waals surface area contributed by atoms with Crippen molar-refractivity contribution >= 4 is 17.3 Å². The molecule has 0 saturated carbocycles. The number of anilines is 1. The smallest absolute Gasteiger partial charge is 0.279 e. The van der Waals surface area contributed by atoms with Crippen molar-refractivity contribution in [3.8, 4) is 5.75 Å². The lowest BCUT2D eigenvalue weighted by Crippen LogP contribution is -2.15. The number of nitrogens with two attached hydrogens (primary N) is 1. The summed E-state index contributed by atoms with van der Waals surface area (Å²) in [5, 5.41) is 20.3. The summed E-state index contributed by atoms with van der Waals surface area (Å²) in [6.45, 7) is 1.80. The van der Waals surface area contributed by atoms with E-state index in [1.54, 1.807) is 36.4 Å². The maximum atomic E-state index is 12.4. The number of nitrogens with one attached hydrogen (secondary N) is 1. The predicted molar refractivity (Wildman–Crippen MR) is 95.8 cm³/mol. The fraction of sp³-hybridized carbons (Fsp3) is 0.167. The fourth-order valence-electron chi connectivity index (χ4n) is 2.02. The highest BCUT2D eigenvalue weighted by molar-refractivity contribution is 6.04. The van der Waals surface area contributed by atoms with Crippen LogP contribution in [0.25, 0.3) is 0 Å². The maximum Gasteiger partial charge on any atom is 0.279 e. The lowest BCUT2D eigenvalue weighted by molar-refractivity contribution is -0.113. The number of aliphatic hydroxyl groups is 1. The van der Waals surface area contributed by atoms with E-state index in [1.807, 2.05) is 12.1 Å². The van der Waals surface area contributed by atoms with Crippen LogP contribution in [0.4, 0.5) is 11.4 Å². The van der Waals surface area contributed by atoms with Crippen molar-refractivity contribution in [2.45, 2.75) is 13.5 Å². The Kier molecular flexibility index (Phi) is 6.25. The van der Waals surface area contributed by atoms with Crippen LogP contribution in [0.1, 0.15) is 12.5 Å². The Bertz CT molecular complexity index is 794. The topological polar surface area (TPSA) is 109 Å². The number of carbonyl (C=O) groups is 1. The minimum absolute atomic E-state index is 0.186. The van der Waals surface area contributed by atoms with Gasteiger partial charge in [0.15, 0.2) is 5.70 Å². The van der Waals surface area contributed by atoms with Crippen LogP contribution in [0, 0.1) is 0 Å². The van der Waals surface area contributed by atoms with Gasteiger partial charge in [-0.15, -0.1) is 5.11 Å². The van der Waals surface area contributed by atoms with E-state index in [4.69, 9.17) is 10.5 Å². The lowest BCUT2D eigenvalue weighted by Gasteiger charge is -2.09. The van der Waals surface area contributed by atoms with Crippen molar-refractivity contribution in [1.29, 1.82) is 0 Å². The normalized spacial score (nSPS) is 12.0. The van der Waals surface area contributed by atoms with E-state index in [0.717, 1.165) is 5.56 Å². The molecule has 0 saturated heterocycles. The third-order valence-corrected chi connectivity index (χ3v) is 3.35. The number of azo groups is 1. The van der Waals surface area contributed by atoms with Gasteiger partial charge >= 0.3 is 0 Å². The molecule has 0 atom stereocenters. The molecule has 0 unspecified atom stereocenters. The van der Waals surface area contributed by atoms with E-state index in [-0.39, 0.29) is 11.5 Å². The quantitative estimate of drug-likeness (QED) is 0.423. The number of benzene rings is 2. The average Bonchev–Trinajstić information content (AvgIpc) is 2.62. The summed E-state index contributed by atoms with van der Waals surface area (Å²) in [7, 11) is 1.50. The third kappa shape index (κ3) is 4.89.